The van der Waals surface area contributed by atoms with E-state index in [0.29, 0.717) is 5.56 Å². The minimum atomic E-state index is 0.616. The summed E-state index contributed by atoms with van der Waals surface area (Å²) >= 11 is 0. The predicted octanol–water partition coefficient (Wildman–Crippen LogP) is 1.51. The fourth-order valence-corrected chi connectivity index (χ4v) is 1.22. The van der Waals surface area contributed by atoms with Crippen LogP contribution in [0.25, 0.3) is 5.65 Å². The molecule has 2 rings (SSSR count). The number of hydrogen-bond acceptors (Lipinski definition) is 2. The molecule has 2 aromatic heterocycles. The number of pyridine rings is 1. The number of imidazole rings is 1. The maximum atomic E-state index is 8.74. The standard InChI is InChI=1S/C9H7N3/c1-7-6-11-9-8(5-10)3-2-4-12(7)9/h2-4,6H,1H3. The van der Waals surface area contributed by atoms with Crippen LogP contribution >= 0.6 is 0 Å². The number of nitriles is 1. The Balaban J connectivity index is 2.92. The minimum Gasteiger partial charge on any atom is -0.303 e. The SMILES string of the molecule is Cc1cnc2c(C#N)cccn12. The highest BCUT2D eigenvalue weighted by Gasteiger charge is 2.02. The molecule has 3 nitrogen and oxygen atoms in total. The van der Waals surface area contributed by atoms with Gasteiger partial charge in [0.25, 0.3) is 0 Å². The van der Waals surface area contributed by atoms with Crippen molar-refractivity contribution in [3.8, 4) is 6.07 Å². The second kappa shape index (κ2) is 2.35. The van der Waals surface area contributed by atoms with E-state index in [9.17, 15) is 0 Å². The van der Waals surface area contributed by atoms with Gasteiger partial charge in [-0.1, -0.05) is 0 Å². The molecule has 2 heterocycles. The highest BCUT2D eigenvalue weighted by Crippen LogP contribution is 2.09. The lowest BCUT2D eigenvalue weighted by molar-refractivity contribution is 1.11. The quantitative estimate of drug-likeness (QED) is 0.581. The summed E-state index contributed by atoms with van der Waals surface area (Å²) in [6, 6.07) is 5.71. The molecule has 0 atom stereocenters. The third-order valence-corrected chi connectivity index (χ3v) is 1.84. The van der Waals surface area contributed by atoms with Gasteiger partial charge in [-0.2, -0.15) is 5.26 Å². The maximum Gasteiger partial charge on any atom is 0.154 e. The van der Waals surface area contributed by atoms with E-state index >= 15 is 0 Å². The highest BCUT2D eigenvalue weighted by atomic mass is 15.0. The van der Waals surface area contributed by atoms with Crippen molar-refractivity contribution in [2.45, 2.75) is 6.92 Å². The van der Waals surface area contributed by atoms with E-state index in [1.54, 1.807) is 12.3 Å². The molecule has 0 aliphatic heterocycles. The lowest BCUT2D eigenvalue weighted by Crippen LogP contribution is -1.88. The number of hydrogen-bond donors (Lipinski definition) is 0. The van der Waals surface area contributed by atoms with E-state index in [0.717, 1.165) is 11.3 Å². The van der Waals surface area contributed by atoms with Crippen molar-refractivity contribution in [2.24, 2.45) is 0 Å². The van der Waals surface area contributed by atoms with Gasteiger partial charge in [0.05, 0.1) is 5.56 Å². The van der Waals surface area contributed by atoms with Crippen molar-refractivity contribution in [2.75, 3.05) is 0 Å². The monoisotopic (exact) mass is 157 g/mol. The summed E-state index contributed by atoms with van der Waals surface area (Å²) in [7, 11) is 0. The van der Waals surface area contributed by atoms with Crippen LogP contribution in [0.5, 0.6) is 0 Å². The molecule has 0 amide bonds. The first-order valence-corrected chi connectivity index (χ1v) is 3.65. The van der Waals surface area contributed by atoms with E-state index in [2.05, 4.69) is 11.1 Å². The molecule has 3 heteroatoms. The van der Waals surface area contributed by atoms with Gasteiger partial charge in [0, 0.05) is 18.1 Å². The Labute approximate surface area is 69.9 Å². The average Bonchev–Trinajstić information content (AvgIpc) is 2.48. The summed E-state index contributed by atoms with van der Waals surface area (Å²) < 4.78 is 1.90. The lowest BCUT2D eigenvalue weighted by Gasteiger charge is -1.95. The third kappa shape index (κ3) is 0.785. The molecule has 2 aromatic rings. The molecule has 0 saturated heterocycles. The van der Waals surface area contributed by atoms with E-state index in [-0.39, 0.29) is 0 Å². The zero-order valence-corrected chi connectivity index (χ0v) is 6.65. The Morgan fingerprint density at radius 3 is 3.17 bits per heavy atom. The van der Waals surface area contributed by atoms with Gasteiger partial charge >= 0.3 is 0 Å². The van der Waals surface area contributed by atoms with Gasteiger partial charge in [0.2, 0.25) is 0 Å². The Bertz CT molecular complexity index is 462. The molecule has 0 unspecified atom stereocenters. The molecule has 0 N–H and O–H groups in total. The minimum absolute atomic E-state index is 0.616. The summed E-state index contributed by atoms with van der Waals surface area (Å²) in [4.78, 5) is 4.13. The molecule has 0 aliphatic rings. The van der Waals surface area contributed by atoms with Crippen molar-refractivity contribution in [3.63, 3.8) is 0 Å². The van der Waals surface area contributed by atoms with Gasteiger partial charge in [-0.25, -0.2) is 4.98 Å². The first-order chi connectivity index (χ1) is 5.83. The van der Waals surface area contributed by atoms with Crippen molar-refractivity contribution in [3.05, 3.63) is 35.8 Å². The van der Waals surface area contributed by atoms with Crippen molar-refractivity contribution in [1.29, 1.82) is 5.26 Å². The van der Waals surface area contributed by atoms with Gasteiger partial charge in [0.15, 0.2) is 5.65 Å². The van der Waals surface area contributed by atoms with Crippen LogP contribution in [0.3, 0.4) is 0 Å². The smallest absolute Gasteiger partial charge is 0.154 e. The Morgan fingerprint density at radius 1 is 1.58 bits per heavy atom. The molecule has 0 spiro atoms. The van der Waals surface area contributed by atoms with E-state index in [1.807, 2.05) is 23.6 Å². The van der Waals surface area contributed by atoms with Crippen molar-refractivity contribution >= 4 is 5.65 Å². The molecule has 0 aliphatic carbocycles. The van der Waals surface area contributed by atoms with Crippen LogP contribution in [0.4, 0.5) is 0 Å². The fourth-order valence-electron chi connectivity index (χ4n) is 1.22. The van der Waals surface area contributed by atoms with Crippen LogP contribution in [0, 0.1) is 18.3 Å². The number of aryl methyl sites for hydroxylation is 1. The Kier molecular flexibility index (Phi) is 1.34. The number of rotatable bonds is 0. The first kappa shape index (κ1) is 6.86. The van der Waals surface area contributed by atoms with Gasteiger partial charge in [0.1, 0.15) is 6.07 Å². The average molecular weight is 157 g/mol. The van der Waals surface area contributed by atoms with Gasteiger partial charge < -0.3 is 4.40 Å². The summed E-state index contributed by atoms with van der Waals surface area (Å²) in [5, 5.41) is 8.74. The topological polar surface area (TPSA) is 41.1 Å². The lowest BCUT2D eigenvalue weighted by atomic mass is 10.3. The van der Waals surface area contributed by atoms with Crippen LogP contribution in [0.1, 0.15) is 11.3 Å². The summed E-state index contributed by atoms with van der Waals surface area (Å²) in [5.74, 6) is 0. The molecule has 0 bridgehead atoms. The predicted molar refractivity (Wildman–Crippen MR) is 44.6 cm³/mol. The zero-order valence-electron chi connectivity index (χ0n) is 6.65. The normalized spacial score (nSPS) is 10.0. The largest absolute Gasteiger partial charge is 0.303 e. The second-order valence-corrected chi connectivity index (χ2v) is 2.63. The highest BCUT2D eigenvalue weighted by molar-refractivity contribution is 5.55. The number of nitrogens with zero attached hydrogens (tertiary/aromatic N) is 3. The molecule has 58 valence electrons. The van der Waals surface area contributed by atoms with E-state index in [1.165, 1.54) is 0 Å². The van der Waals surface area contributed by atoms with Gasteiger partial charge in [-0.3, -0.25) is 0 Å². The van der Waals surface area contributed by atoms with Crippen LogP contribution < -0.4 is 0 Å². The number of fused-ring (bicyclic) bond motifs is 1. The molecule has 0 fully saturated rings. The number of aromatic nitrogens is 2. The summed E-state index contributed by atoms with van der Waals surface area (Å²) in [6.07, 6.45) is 3.66. The molecule has 0 radical (unpaired) electrons. The van der Waals surface area contributed by atoms with Crippen LogP contribution in [0.2, 0.25) is 0 Å². The summed E-state index contributed by atoms with van der Waals surface area (Å²) in [5.41, 5.74) is 2.39. The Hall–Kier alpha value is -1.82. The van der Waals surface area contributed by atoms with E-state index in [4.69, 9.17) is 5.26 Å². The summed E-state index contributed by atoms with van der Waals surface area (Å²) in [6.45, 7) is 1.96. The third-order valence-electron chi connectivity index (χ3n) is 1.84. The molecular formula is C9H7N3. The zero-order chi connectivity index (χ0) is 8.55. The van der Waals surface area contributed by atoms with Crippen LogP contribution in [0.15, 0.2) is 24.5 Å². The van der Waals surface area contributed by atoms with Gasteiger partial charge in [-0.15, -0.1) is 0 Å². The Morgan fingerprint density at radius 2 is 2.42 bits per heavy atom. The first-order valence-electron chi connectivity index (χ1n) is 3.65. The van der Waals surface area contributed by atoms with Gasteiger partial charge in [-0.05, 0) is 19.1 Å². The fraction of sp³-hybridized carbons (Fsp3) is 0.111. The molecule has 0 aromatic carbocycles. The molecular weight excluding hydrogens is 150 g/mol. The molecule has 12 heavy (non-hydrogen) atoms. The van der Waals surface area contributed by atoms with Crippen molar-refractivity contribution in [1.82, 2.24) is 9.38 Å². The van der Waals surface area contributed by atoms with Crippen LogP contribution in [-0.2, 0) is 0 Å². The second-order valence-electron chi connectivity index (χ2n) is 2.63. The van der Waals surface area contributed by atoms with E-state index < -0.39 is 0 Å². The van der Waals surface area contributed by atoms with Crippen LogP contribution in [-0.4, -0.2) is 9.38 Å². The molecule has 0 saturated carbocycles. The van der Waals surface area contributed by atoms with Crippen molar-refractivity contribution < 1.29 is 0 Å². The maximum absolute atomic E-state index is 8.74.